The summed E-state index contributed by atoms with van der Waals surface area (Å²) in [5.41, 5.74) is 2.36. The highest BCUT2D eigenvalue weighted by molar-refractivity contribution is 5.85. The highest BCUT2D eigenvalue weighted by Crippen LogP contribution is 2.27. The van der Waals surface area contributed by atoms with Crippen LogP contribution in [0.15, 0.2) is 49.1 Å². The summed E-state index contributed by atoms with van der Waals surface area (Å²) < 4.78 is 51.8. The summed E-state index contributed by atoms with van der Waals surface area (Å²) in [7, 11) is 0. The molecule has 3 aromatic rings. The predicted octanol–water partition coefficient (Wildman–Crippen LogP) is 3.54. The Balaban J connectivity index is 0.00000324. The molecule has 1 fully saturated rings. The molecule has 1 aromatic carbocycles. The Bertz CT molecular complexity index is 1050. The number of anilines is 1. The second-order valence-electron chi connectivity index (χ2n) is 8.04. The van der Waals surface area contributed by atoms with Crippen LogP contribution in [-0.4, -0.2) is 68.2 Å². The molecule has 12 heteroatoms. The number of halogens is 5. The van der Waals surface area contributed by atoms with Gasteiger partial charge in [-0.25, -0.2) is 9.37 Å². The lowest BCUT2D eigenvalue weighted by molar-refractivity contribution is -0.154. The van der Waals surface area contributed by atoms with Crippen LogP contribution in [0.4, 0.5) is 23.4 Å². The number of aromatic nitrogens is 4. The molecule has 1 N–H and O–H groups in total. The minimum atomic E-state index is -4.41. The number of aliphatic hydroxyl groups is 1. The van der Waals surface area contributed by atoms with Crippen LogP contribution in [0.5, 0.6) is 0 Å². The fraction of sp³-hybridized carbons (Fsp3) is 0.409. The molecule has 0 bridgehead atoms. The van der Waals surface area contributed by atoms with E-state index in [0.29, 0.717) is 25.3 Å². The van der Waals surface area contributed by atoms with Crippen molar-refractivity contribution in [3.8, 4) is 11.3 Å². The van der Waals surface area contributed by atoms with Crippen LogP contribution in [0.1, 0.15) is 12.0 Å². The molecule has 184 valence electrons. The average molecular weight is 501 g/mol. The molecule has 0 saturated carbocycles. The maximum absolute atomic E-state index is 13.3. The third-order valence-electron chi connectivity index (χ3n) is 5.43. The largest absolute Gasteiger partial charge is 0.391 e. The lowest BCUT2D eigenvalue weighted by atomic mass is 10.1. The van der Waals surface area contributed by atoms with Crippen molar-refractivity contribution in [3.63, 3.8) is 0 Å². The number of benzene rings is 1. The third kappa shape index (κ3) is 6.87. The van der Waals surface area contributed by atoms with Crippen LogP contribution in [0.25, 0.3) is 11.3 Å². The molecule has 7 nitrogen and oxygen atoms in total. The first kappa shape index (κ1) is 25.9. The summed E-state index contributed by atoms with van der Waals surface area (Å²) >= 11 is 0. The number of hydrogen-bond acceptors (Lipinski definition) is 6. The number of rotatable bonds is 7. The van der Waals surface area contributed by atoms with Crippen LogP contribution in [0, 0.1) is 5.82 Å². The monoisotopic (exact) mass is 500 g/mol. The molecule has 1 unspecified atom stereocenters. The summed E-state index contributed by atoms with van der Waals surface area (Å²) in [5.74, 6) is 0.436. The highest BCUT2D eigenvalue weighted by Gasteiger charge is 2.31. The molecule has 3 heterocycles. The van der Waals surface area contributed by atoms with Gasteiger partial charge in [0.2, 0.25) is 0 Å². The van der Waals surface area contributed by atoms with Crippen molar-refractivity contribution in [1.82, 2.24) is 24.6 Å². The van der Waals surface area contributed by atoms with Gasteiger partial charge in [0.05, 0.1) is 25.3 Å². The zero-order chi connectivity index (χ0) is 23.4. The fourth-order valence-electron chi connectivity index (χ4n) is 3.89. The van der Waals surface area contributed by atoms with Crippen LogP contribution >= 0.6 is 12.4 Å². The van der Waals surface area contributed by atoms with Crippen molar-refractivity contribution in [3.05, 3.63) is 60.4 Å². The van der Waals surface area contributed by atoms with Crippen LogP contribution in [-0.2, 0) is 13.1 Å². The minimum Gasteiger partial charge on any atom is -0.391 e. The third-order valence-corrected chi connectivity index (χ3v) is 5.43. The molecule has 1 aliphatic rings. The topological polar surface area (TPSA) is 70.3 Å². The van der Waals surface area contributed by atoms with Gasteiger partial charge in [0, 0.05) is 62.4 Å². The minimum absolute atomic E-state index is 0. The van der Waals surface area contributed by atoms with E-state index in [4.69, 9.17) is 0 Å². The molecule has 1 saturated heterocycles. The molecule has 0 aliphatic carbocycles. The highest BCUT2D eigenvalue weighted by atomic mass is 35.5. The number of hydrogen-bond donors (Lipinski definition) is 1. The Morgan fingerprint density at radius 3 is 2.35 bits per heavy atom. The quantitative estimate of drug-likeness (QED) is 0.500. The van der Waals surface area contributed by atoms with Crippen LogP contribution in [0.3, 0.4) is 0 Å². The lowest BCUT2D eigenvalue weighted by Gasteiger charge is -2.35. The first-order valence-corrected chi connectivity index (χ1v) is 10.6. The Hall–Kier alpha value is -2.76. The standard InChI is InChI=1S/C22H24F4N6O.ClH/c23-18-3-1-17(2-4-18)20-21(28-6-5-27-20)31-9-7-30(8-10-31)13-16-12-29-32(14-16)15-19(33)11-22(24,25)26;/h1-6,12,14,19,33H,7-11,13,15H2;1H. The van der Waals surface area contributed by atoms with E-state index >= 15 is 0 Å². The first-order valence-electron chi connectivity index (χ1n) is 10.6. The van der Waals surface area contributed by atoms with Gasteiger partial charge in [0.15, 0.2) is 5.82 Å². The van der Waals surface area contributed by atoms with Crippen molar-refractivity contribution in [2.75, 3.05) is 31.1 Å². The Morgan fingerprint density at radius 1 is 1.00 bits per heavy atom. The second-order valence-corrected chi connectivity index (χ2v) is 8.04. The Labute approximate surface area is 200 Å². The van der Waals surface area contributed by atoms with Crippen LogP contribution in [0.2, 0.25) is 0 Å². The second kappa shape index (κ2) is 11.1. The molecule has 1 atom stereocenters. The van der Waals surface area contributed by atoms with E-state index in [-0.39, 0.29) is 24.8 Å². The van der Waals surface area contributed by atoms with Crippen LogP contribution < -0.4 is 4.90 Å². The van der Waals surface area contributed by atoms with Gasteiger partial charge in [-0.3, -0.25) is 14.6 Å². The van der Waals surface area contributed by atoms with Gasteiger partial charge in [-0.2, -0.15) is 18.3 Å². The molecule has 2 aromatic heterocycles. The van der Waals surface area contributed by atoms with Crippen molar-refractivity contribution >= 4 is 18.2 Å². The number of nitrogens with zero attached hydrogens (tertiary/aromatic N) is 6. The molecule has 34 heavy (non-hydrogen) atoms. The van der Waals surface area contributed by atoms with E-state index in [9.17, 15) is 22.7 Å². The molecule has 1 aliphatic heterocycles. The van der Waals surface area contributed by atoms with E-state index < -0.39 is 18.7 Å². The van der Waals surface area contributed by atoms with Crippen molar-refractivity contribution in [1.29, 1.82) is 0 Å². The predicted molar refractivity (Wildman–Crippen MR) is 121 cm³/mol. The van der Waals surface area contributed by atoms with Crippen molar-refractivity contribution < 1.29 is 22.7 Å². The van der Waals surface area contributed by atoms with Gasteiger partial charge < -0.3 is 10.0 Å². The molecule has 4 rings (SSSR count). The maximum atomic E-state index is 13.3. The zero-order valence-corrected chi connectivity index (χ0v) is 19.0. The number of piperazine rings is 1. The molecular weight excluding hydrogens is 476 g/mol. The van der Waals surface area contributed by atoms with Gasteiger partial charge in [0.25, 0.3) is 0 Å². The molecule has 0 radical (unpaired) electrons. The van der Waals surface area contributed by atoms with Crippen molar-refractivity contribution in [2.24, 2.45) is 0 Å². The molecular formula is C22H25ClF4N6O. The van der Waals surface area contributed by atoms with E-state index in [2.05, 4.69) is 24.9 Å². The summed E-state index contributed by atoms with van der Waals surface area (Å²) in [6.07, 6.45) is -0.661. The molecule has 0 spiro atoms. The van der Waals surface area contributed by atoms with E-state index in [1.807, 2.05) is 0 Å². The van der Waals surface area contributed by atoms with Gasteiger partial charge >= 0.3 is 6.18 Å². The Kier molecular flexibility index (Phi) is 8.45. The van der Waals surface area contributed by atoms with Gasteiger partial charge in [-0.15, -0.1) is 12.4 Å². The zero-order valence-electron chi connectivity index (χ0n) is 18.2. The maximum Gasteiger partial charge on any atom is 0.391 e. The number of alkyl halides is 3. The lowest BCUT2D eigenvalue weighted by Crippen LogP contribution is -2.46. The summed E-state index contributed by atoms with van der Waals surface area (Å²) in [6, 6.07) is 6.16. The summed E-state index contributed by atoms with van der Waals surface area (Å²) in [5, 5.41) is 13.7. The van der Waals surface area contributed by atoms with E-state index in [0.717, 1.165) is 30.0 Å². The van der Waals surface area contributed by atoms with Gasteiger partial charge in [-0.05, 0) is 24.3 Å². The first-order chi connectivity index (χ1) is 15.8. The normalized spacial score (nSPS) is 15.7. The SMILES string of the molecule is Cl.OC(Cn1cc(CN2CCN(c3nccnc3-c3ccc(F)cc3)CC2)cn1)CC(F)(F)F. The average Bonchev–Trinajstić information content (AvgIpc) is 3.20. The smallest absolute Gasteiger partial charge is 0.391 e. The van der Waals surface area contributed by atoms with Gasteiger partial charge in [0.1, 0.15) is 11.5 Å². The summed E-state index contributed by atoms with van der Waals surface area (Å²) in [6.45, 7) is 3.33. The van der Waals surface area contributed by atoms with Gasteiger partial charge in [-0.1, -0.05) is 0 Å². The van der Waals surface area contributed by atoms with E-state index in [1.54, 1.807) is 36.9 Å². The fourth-order valence-corrected chi connectivity index (χ4v) is 3.89. The number of aliphatic hydroxyl groups excluding tert-OH is 1. The molecule has 0 amide bonds. The Morgan fingerprint density at radius 2 is 1.68 bits per heavy atom. The van der Waals surface area contributed by atoms with E-state index in [1.165, 1.54) is 16.8 Å². The van der Waals surface area contributed by atoms with Crippen molar-refractivity contribution in [2.45, 2.75) is 31.8 Å². The summed E-state index contributed by atoms with van der Waals surface area (Å²) in [4.78, 5) is 13.3.